The van der Waals surface area contributed by atoms with Crippen molar-refractivity contribution < 1.29 is 9.53 Å². The molecule has 0 spiro atoms. The van der Waals surface area contributed by atoms with Gasteiger partial charge in [-0.15, -0.1) is 0 Å². The van der Waals surface area contributed by atoms with E-state index < -0.39 is 0 Å². The number of likely N-dealkylation sites (tertiary alicyclic amines) is 1. The number of hydrogen-bond donors (Lipinski definition) is 0. The number of nitrogens with zero attached hydrogens (tertiary/aromatic N) is 2. The monoisotopic (exact) mass is 406 g/mol. The molecule has 4 rings (SSSR count). The maximum absolute atomic E-state index is 13.5. The zero-order valence-electron chi connectivity index (χ0n) is 18.3. The van der Waals surface area contributed by atoms with E-state index in [0.717, 1.165) is 56.1 Å². The van der Waals surface area contributed by atoms with Gasteiger partial charge in [0.2, 0.25) is 0 Å². The van der Waals surface area contributed by atoms with E-state index in [-0.39, 0.29) is 11.9 Å². The first-order valence-corrected chi connectivity index (χ1v) is 11.5. The average molecular weight is 407 g/mol. The Hall–Kier alpha value is -2.49. The van der Waals surface area contributed by atoms with Crippen molar-refractivity contribution in [3.8, 4) is 5.75 Å². The van der Waals surface area contributed by atoms with E-state index in [1.807, 2.05) is 24.3 Å². The van der Waals surface area contributed by atoms with Gasteiger partial charge in [0.15, 0.2) is 0 Å². The van der Waals surface area contributed by atoms with Gasteiger partial charge in [-0.3, -0.25) is 4.79 Å². The smallest absolute Gasteiger partial charge is 0.254 e. The first-order chi connectivity index (χ1) is 14.7. The third-order valence-corrected chi connectivity index (χ3v) is 6.78. The summed E-state index contributed by atoms with van der Waals surface area (Å²) in [5.41, 5.74) is 3.23. The summed E-state index contributed by atoms with van der Waals surface area (Å²) >= 11 is 0. The predicted molar refractivity (Wildman–Crippen MR) is 122 cm³/mol. The molecule has 2 aliphatic rings. The minimum Gasteiger partial charge on any atom is -0.497 e. The lowest BCUT2D eigenvalue weighted by Gasteiger charge is -2.33. The van der Waals surface area contributed by atoms with Crippen molar-refractivity contribution >= 4 is 11.6 Å². The number of methoxy groups -OCH3 is 1. The van der Waals surface area contributed by atoms with Crippen molar-refractivity contribution in [3.63, 3.8) is 0 Å². The number of carbonyl (C=O) groups is 1. The number of amides is 1. The minimum atomic E-state index is 0.133. The molecule has 1 unspecified atom stereocenters. The summed E-state index contributed by atoms with van der Waals surface area (Å²) in [6.45, 7) is 5.38. The second-order valence-electron chi connectivity index (χ2n) is 8.85. The number of hydrogen-bond acceptors (Lipinski definition) is 3. The molecule has 1 atom stereocenters. The first-order valence-electron chi connectivity index (χ1n) is 11.5. The average Bonchev–Trinajstić information content (AvgIpc) is 3.05. The summed E-state index contributed by atoms with van der Waals surface area (Å²) in [5, 5.41) is 0. The standard InChI is InChI=1S/C26H34N2O2/c1-20-15-18-27(19-16-20)23-11-7-22(8-12-23)26(29)28-17-5-3-4-6-25(28)21-9-13-24(30-2)14-10-21/h7-14,20,25H,3-6,15-19H2,1-2H3. The summed E-state index contributed by atoms with van der Waals surface area (Å²) in [6, 6.07) is 16.6. The molecule has 0 aromatic heterocycles. The largest absolute Gasteiger partial charge is 0.497 e. The van der Waals surface area contributed by atoms with E-state index in [0.29, 0.717) is 0 Å². The summed E-state index contributed by atoms with van der Waals surface area (Å²) in [6.07, 6.45) is 6.93. The van der Waals surface area contributed by atoms with Gasteiger partial charge in [0, 0.05) is 30.9 Å². The van der Waals surface area contributed by atoms with Gasteiger partial charge in [0.1, 0.15) is 5.75 Å². The Balaban J connectivity index is 1.51. The van der Waals surface area contributed by atoms with Crippen molar-refractivity contribution in [3.05, 3.63) is 59.7 Å². The molecule has 160 valence electrons. The molecular weight excluding hydrogens is 372 g/mol. The van der Waals surface area contributed by atoms with Crippen LogP contribution in [0.15, 0.2) is 48.5 Å². The van der Waals surface area contributed by atoms with Crippen LogP contribution in [0.5, 0.6) is 5.75 Å². The van der Waals surface area contributed by atoms with Gasteiger partial charge in [-0.05, 0) is 73.6 Å². The number of carbonyl (C=O) groups excluding carboxylic acids is 1. The zero-order chi connectivity index (χ0) is 20.9. The summed E-state index contributed by atoms with van der Waals surface area (Å²) in [4.78, 5) is 18.0. The summed E-state index contributed by atoms with van der Waals surface area (Å²) in [5.74, 6) is 1.82. The van der Waals surface area contributed by atoms with Crippen LogP contribution in [0.1, 0.15) is 67.4 Å². The van der Waals surface area contributed by atoms with Crippen LogP contribution in [0.3, 0.4) is 0 Å². The Morgan fingerprint density at radius 3 is 2.23 bits per heavy atom. The predicted octanol–water partition coefficient (Wildman–Crippen LogP) is 5.69. The lowest BCUT2D eigenvalue weighted by Crippen LogP contribution is -2.35. The van der Waals surface area contributed by atoms with Gasteiger partial charge in [-0.1, -0.05) is 31.9 Å². The molecule has 2 heterocycles. The van der Waals surface area contributed by atoms with Crippen molar-refractivity contribution in [2.75, 3.05) is 31.6 Å². The topological polar surface area (TPSA) is 32.8 Å². The van der Waals surface area contributed by atoms with E-state index in [4.69, 9.17) is 4.74 Å². The molecule has 2 aliphatic heterocycles. The van der Waals surface area contributed by atoms with Crippen molar-refractivity contribution in [2.24, 2.45) is 5.92 Å². The molecule has 2 saturated heterocycles. The maximum Gasteiger partial charge on any atom is 0.254 e. The maximum atomic E-state index is 13.5. The molecular formula is C26H34N2O2. The minimum absolute atomic E-state index is 0.133. The third kappa shape index (κ3) is 4.63. The third-order valence-electron chi connectivity index (χ3n) is 6.78. The SMILES string of the molecule is COc1ccc(C2CCCCCN2C(=O)c2ccc(N3CCC(C)CC3)cc2)cc1. The first kappa shape index (κ1) is 20.8. The number of anilines is 1. The number of ether oxygens (including phenoxy) is 1. The summed E-state index contributed by atoms with van der Waals surface area (Å²) < 4.78 is 5.31. The summed E-state index contributed by atoms with van der Waals surface area (Å²) in [7, 11) is 1.69. The van der Waals surface area contributed by atoms with E-state index in [9.17, 15) is 4.79 Å². The Kier molecular flexibility index (Phi) is 6.61. The molecule has 1 amide bonds. The van der Waals surface area contributed by atoms with Crippen LogP contribution in [0, 0.1) is 5.92 Å². The van der Waals surface area contributed by atoms with Gasteiger partial charge >= 0.3 is 0 Å². The van der Waals surface area contributed by atoms with Crippen LogP contribution in [-0.4, -0.2) is 37.6 Å². The van der Waals surface area contributed by atoms with Crippen LogP contribution in [0.2, 0.25) is 0 Å². The molecule has 0 aliphatic carbocycles. The molecule has 0 radical (unpaired) electrons. The highest BCUT2D eigenvalue weighted by atomic mass is 16.5. The zero-order valence-corrected chi connectivity index (χ0v) is 18.3. The fourth-order valence-electron chi connectivity index (χ4n) is 4.77. The van der Waals surface area contributed by atoms with Crippen molar-refractivity contribution in [2.45, 2.75) is 51.5 Å². The van der Waals surface area contributed by atoms with Gasteiger partial charge in [-0.25, -0.2) is 0 Å². The Bertz CT molecular complexity index is 823. The molecule has 0 N–H and O–H groups in total. The van der Waals surface area contributed by atoms with Gasteiger partial charge in [0.05, 0.1) is 13.2 Å². The molecule has 2 fully saturated rings. The Labute approximate surface area is 180 Å². The molecule has 0 bridgehead atoms. The molecule has 4 heteroatoms. The number of benzene rings is 2. The highest BCUT2D eigenvalue weighted by Crippen LogP contribution is 2.33. The van der Waals surface area contributed by atoms with E-state index in [1.165, 1.54) is 30.5 Å². The van der Waals surface area contributed by atoms with Crippen molar-refractivity contribution in [1.29, 1.82) is 0 Å². The normalized spacial score (nSPS) is 20.7. The Morgan fingerprint density at radius 2 is 1.57 bits per heavy atom. The fourth-order valence-corrected chi connectivity index (χ4v) is 4.77. The van der Waals surface area contributed by atoms with Gasteiger partial charge in [-0.2, -0.15) is 0 Å². The highest BCUT2D eigenvalue weighted by molar-refractivity contribution is 5.95. The fraction of sp³-hybridized carbons (Fsp3) is 0.500. The second-order valence-corrected chi connectivity index (χ2v) is 8.85. The van der Waals surface area contributed by atoms with Crippen LogP contribution in [0.4, 0.5) is 5.69 Å². The molecule has 30 heavy (non-hydrogen) atoms. The molecule has 0 saturated carbocycles. The lowest BCUT2D eigenvalue weighted by atomic mass is 9.98. The van der Waals surface area contributed by atoms with Crippen LogP contribution >= 0.6 is 0 Å². The Morgan fingerprint density at radius 1 is 0.867 bits per heavy atom. The quantitative estimate of drug-likeness (QED) is 0.654. The second kappa shape index (κ2) is 9.55. The van der Waals surface area contributed by atoms with Gasteiger partial charge < -0.3 is 14.5 Å². The number of piperidine rings is 1. The lowest BCUT2D eigenvalue weighted by molar-refractivity contribution is 0.0681. The van der Waals surface area contributed by atoms with E-state index >= 15 is 0 Å². The van der Waals surface area contributed by atoms with Crippen LogP contribution < -0.4 is 9.64 Å². The molecule has 4 nitrogen and oxygen atoms in total. The van der Waals surface area contributed by atoms with E-state index in [2.05, 4.69) is 41.0 Å². The van der Waals surface area contributed by atoms with Crippen LogP contribution in [-0.2, 0) is 0 Å². The number of rotatable bonds is 4. The van der Waals surface area contributed by atoms with Crippen molar-refractivity contribution in [1.82, 2.24) is 4.90 Å². The highest BCUT2D eigenvalue weighted by Gasteiger charge is 2.28. The van der Waals surface area contributed by atoms with Gasteiger partial charge in [0.25, 0.3) is 5.91 Å². The molecule has 2 aromatic carbocycles. The molecule has 2 aromatic rings. The van der Waals surface area contributed by atoms with Crippen LogP contribution in [0.25, 0.3) is 0 Å². The van der Waals surface area contributed by atoms with E-state index in [1.54, 1.807) is 7.11 Å².